The minimum atomic E-state index is -4.43. The Hall–Kier alpha value is -3.43. The van der Waals surface area contributed by atoms with Gasteiger partial charge in [0.15, 0.2) is 0 Å². The lowest BCUT2D eigenvalue weighted by molar-refractivity contribution is -0.137. The highest BCUT2D eigenvalue weighted by atomic mass is 19.4. The molecule has 0 saturated heterocycles. The first-order chi connectivity index (χ1) is 13.3. The lowest BCUT2D eigenvalue weighted by Crippen LogP contribution is -2.22. The molecule has 3 rings (SSSR count). The number of hydrogen-bond acceptors (Lipinski definition) is 5. The van der Waals surface area contributed by atoms with Crippen LogP contribution < -0.4 is 5.69 Å². The number of rotatable bonds is 5. The molecule has 1 aromatic heterocycles. The largest absolute Gasteiger partial charge is 0.416 e. The minimum absolute atomic E-state index is 0.00448. The van der Waals surface area contributed by atoms with Gasteiger partial charge >= 0.3 is 11.9 Å². The van der Waals surface area contributed by atoms with E-state index in [-0.39, 0.29) is 6.61 Å². The number of nitrogens with zero attached hydrogens (tertiary/aromatic N) is 5. The van der Waals surface area contributed by atoms with Gasteiger partial charge in [-0.05, 0) is 41.1 Å². The van der Waals surface area contributed by atoms with Crippen molar-refractivity contribution in [1.29, 1.82) is 0 Å². The molecule has 0 saturated carbocycles. The third-order valence-corrected chi connectivity index (χ3v) is 3.97. The van der Waals surface area contributed by atoms with E-state index in [2.05, 4.69) is 15.6 Å². The smallest absolute Gasteiger partial charge is 0.391 e. The number of hydrogen-bond donors (Lipinski definition) is 0. The van der Waals surface area contributed by atoms with Crippen molar-refractivity contribution in [3.63, 3.8) is 0 Å². The Kier molecular flexibility index (Phi) is 5.30. The van der Waals surface area contributed by atoms with Gasteiger partial charge in [-0.2, -0.15) is 22.5 Å². The van der Waals surface area contributed by atoms with E-state index < -0.39 is 17.4 Å². The first kappa shape index (κ1) is 19.3. The third kappa shape index (κ3) is 4.11. The van der Waals surface area contributed by atoms with Gasteiger partial charge in [0.25, 0.3) is 0 Å². The summed E-state index contributed by atoms with van der Waals surface area (Å²) in [5.41, 5.74) is 0.509. The van der Waals surface area contributed by atoms with Crippen molar-refractivity contribution < 1.29 is 18.0 Å². The summed E-state index contributed by atoms with van der Waals surface area (Å²) in [7, 11) is 1.48. The number of benzene rings is 2. The van der Waals surface area contributed by atoms with Crippen LogP contribution in [0.4, 0.5) is 13.2 Å². The molecule has 7 nitrogen and oxygen atoms in total. The van der Waals surface area contributed by atoms with Crippen LogP contribution in [0.2, 0.25) is 0 Å². The van der Waals surface area contributed by atoms with E-state index in [4.69, 9.17) is 4.84 Å². The number of aromatic nitrogens is 4. The summed E-state index contributed by atoms with van der Waals surface area (Å²) < 4.78 is 40.7. The molecule has 28 heavy (non-hydrogen) atoms. The Morgan fingerprint density at radius 3 is 2.57 bits per heavy atom. The average molecular weight is 391 g/mol. The van der Waals surface area contributed by atoms with Crippen LogP contribution in [-0.4, -0.2) is 25.5 Å². The van der Waals surface area contributed by atoms with Crippen molar-refractivity contribution >= 4 is 5.71 Å². The van der Waals surface area contributed by atoms with Crippen LogP contribution >= 0.6 is 0 Å². The zero-order valence-corrected chi connectivity index (χ0v) is 15.0. The summed E-state index contributed by atoms with van der Waals surface area (Å²) >= 11 is 0. The molecule has 146 valence electrons. The van der Waals surface area contributed by atoms with Crippen LogP contribution in [0.3, 0.4) is 0 Å². The van der Waals surface area contributed by atoms with Gasteiger partial charge in [-0.25, -0.2) is 4.79 Å². The monoisotopic (exact) mass is 391 g/mol. The highest BCUT2D eigenvalue weighted by Crippen LogP contribution is 2.29. The van der Waals surface area contributed by atoms with Crippen molar-refractivity contribution in [2.45, 2.75) is 19.7 Å². The van der Waals surface area contributed by atoms with E-state index in [0.717, 1.165) is 21.5 Å². The lowest BCUT2D eigenvalue weighted by atomic mass is 10.1. The SMILES string of the molecule is CC(=NOCc1ccccc1-n1nnn(C)c1=O)c1cccc(C(F)(F)F)c1. The quantitative estimate of drug-likeness (QED) is 0.495. The second kappa shape index (κ2) is 7.67. The van der Waals surface area contributed by atoms with Gasteiger partial charge < -0.3 is 4.84 Å². The molecule has 0 spiro atoms. The van der Waals surface area contributed by atoms with Gasteiger partial charge in [0, 0.05) is 12.6 Å². The van der Waals surface area contributed by atoms with Gasteiger partial charge in [-0.1, -0.05) is 35.5 Å². The highest BCUT2D eigenvalue weighted by molar-refractivity contribution is 5.98. The fourth-order valence-corrected chi connectivity index (χ4v) is 2.48. The molecule has 0 unspecified atom stereocenters. The van der Waals surface area contributed by atoms with Crippen molar-refractivity contribution in [3.05, 3.63) is 75.7 Å². The molecule has 2 aromatic carbocycles. The zero-order chi connectivity index (χ0) is 20.3. The average Bonchev–Trinajstić information content (AvgIpc) is 3.00. The number of oxime groups is 1. The maximum absolute atomic E-state index is 12.8. The summed E-state index contributed by atoms with van der Waals surface area (Å²) in [4.78, 5) is 17.3. The maximum Gasteiger partial charge on any atom is 0.416 e. The molecule has 0 aliphatic carbocycles. The molecule has 0 aliphatic rings. The predicted octanol–water partition coefficient (Wildman–Crippen LogP) is 2.93. The van der Waals surface area contributed by atoms with Crippen LogP contribution in [-0.2, 0) is 24.7 Å². The van der Waals surface area contributed by atoms with Crippen LogP contribution in [0.15, 0.2) is 58.5 Å². The number of halogens is 3. The third-order valence-electron chi connectivity index (χ3n) is 3.97. The van der Waals surface area contributed by atoms with Gasteiger partial charge in [0.05, 0.1) is 17.0 Å². The molecule has 0 aliphatic heterocycles. The second-order valence-corrected chi connectivity index (χ2v) is 5.95. The van der Waals surface area contributed by atoms with Crippen LogP contribution in [0.1, 0.15) is 23.6 Å². The predicted molar refractivity (Wildman–Crippen MR) is 95.0 cm³/mol. The highest BCUT2D eigenvalue weighted by Gasteiger charge is 2.30. The standard InChI is InChI=1S/C18H16F3N5O2/c1-12(13-7-5-8-15(10-13)18(19,20)21)22-28-11-14-6-3-4-9-16(14)26-17(27)25(2)23-24-26/h3-10H,11H2,1-2H3. The summed E-state index contributed by atoms with van der Waals surface area (Å²) in [6, 6.07) is 11.7. The van der Waals surface area contributed by atoms with Gasteiger partial charge in [0.1, 0.15) is 6.61 Å². The minimum Gasteiger partial charge on any atom is -0.391 e. The number of aryl methyl sites for hydroxylation is 1. The topological polar surface area (TPSA) is 74.3 Å². The van der Waals surface area contributed by atoms with Crippen molar-refractivity contribution in [2.24, 2.45) is 12.2 Å². The summed E-state index contributed by atoms with van der Waals surface area (Å²) in [5, 5.41) is 11.4. The maximum atomic E-state index is 12.8. The normalized spacial score (nSPS) is 12.2. The summed E-state index contributed by atoms with van der Waals surface area (Å²) in [5.74, 6) is 0. The van der Waals surface area contributed by atoms with Crippen LogP contribution in [0.5, 0.6) is 0 Å². The molecule has 0 atom stereocenters. The van der Waals surface area contributed by atoms with E-state index in [1.165, 1.54) is 19.2 Å². The Morgan fingerprint density at radius 2 is 1.89 bits per heavy atom. The molecule has 0 amide bonds. The lowest BCUT2D eigenvalue weighted by Gasteiger charge is -2.09. The number of para-hydroxylation sites is 1. The Labute approximate surface area is 157 Å². The molecule has 3 aromatic rings. The fraction of sp³-hybridized carbons (Fsp3) is 0.222. The van der Waals surface area contributed by atoms with E-state index in [0.29, 0.717) is 22.5 Å². The van der Waals surface area contributed by atoms with Crippen molar-refractivity contribution in [2.75, 3.05) is 0 Å². The molecule has 0 fully saturated rings. The first-order valence-corrected chi connectivity index (χ1v) is 8.19. The van der Waals surface area contributed by atoms with E-state index in [1.807, 2.05) is 0 Å². The van der Waals surface area contributed by atoms with Crippen LogP contribution in [0.25, 0.3) is 5.69 Å². The van der Waals surface area contributed by atoms with E-state index in [9.17, 15) is 18.0 Å². The molecular formula is C18H16F3N5O2. The van der Waals surface area contributed by atoms with Gasteiger partial charge in [0.2, 0.25) is 0 Å². The molecule has 0 radical (unpaired) electrons. The molecular weight excluding hydrogens is 375 g/mol. The molecule has 10 heteroatoms. The molecule has 1 heterocycles. The zero-order valence-electron chi connectivity index (χ0n) is 15.0. The Bertz CT molecular complexity index is 1070. The molecule has 0 N–H and O–H groups in total. The number of tetrazole rings is 1. The van der Waals surface area contributed by atoms with Crippen LogP contribution in [0, 0.1) is 0 Å². The second-order valence-electron chi connectivity index (χ2n) is 5.95. The van der Waals surface area contributed by atoms with Gasteiger partial charge in [-0.15, -0.1) is 0 Å². The Balaban J connectivity index is 1.79. The van der Waals surface area contributed by atoms with Gasteiger partial charge in [-0.3, -0.25) is 0 Å². The van der Waals surface area contributed by atoms with Crippen molar-refractivity contribution in [1.82, 2.24) is 19.8 Å². The Morgan fingerprint density at radius 1 is 1.14 bits per heavy atom. The fourth-order valence-electron chi connectivity index (χ4n) is 2.48. The van der Waals surface area contributed by atoms with Crippen molar-refractivity contribution in [3.8, 4) is 5.69 Å². The number of alkyl halides is 3. The summed E-state index contributed by atoms with van der Waals surface area (Å²) in [6.45, 7) is 1.55. The molecule has 0 bridgehead atoms. The van der Waals surface area contributed by atoms with E-state index >= 15 is 0 Å². The first-order valence-electron chi connectivity index (χ1n) is 8.19. The summed E-state index contributed by atoms with van der Waals surface area (Å²) in [6.07, 6.45) is -4.43. The van der Waals surface area contributed by atoms with E-state index in [1.54, 1.807) is 31.2 Å².